The molecule has 4 heteroatoms. The maximum Gasteiger partial charge on any atom is 0.199 e. The fraction of sp³-hybridized carbons (Fsp3) is 0.200. The minimum absolute atomic E-state index is 0.0259. The lowest BCUT2D eigenvalue weighted by atomic mass is 10.3. The molecule has 0 spiro atoms. The third-order valence-corrected chi connectivity index (χ3v) is 2.06. The quantitative estimate of drug-likeness (QED) is 0.675. The number of Topliss-reactive ketones (excluding diaryl/α,β-unsaturated/α-hetero) is 1. The molecule has 0 aliphatic carbocycles. The number of rotatable bonds is 2. The fourth-order valence-electron chi connectivity index (χ4n) is 1.41. The van der Waals surface area contributed by atoms with Crippen molar-refractivity contribution in [1.82, 2.24) is 9.38 Å². The smallest absolute Gasteiger partial charge is 0.199 e. The van der Waals surface area contributed by atoms with Gasteiger partial charge in [-0.2, -0.15) is 0 Å². The van der Waals surface area contributed by atoms with Crippen molar-refractivity contribution in [1.29, 1.82) is 0 Å². The van der Waals surface area contributed by atoms with Crippen molar-refractivity contribution in [3.63, 3.8) is 0 Å². The lowest BCUT2D eigenvalue weighted by Crippen LogP contribution is -2.01. The number of carbonyl (C=O) groups is 1. The van der Waals surface area contributed by atoms with Gasteiger partial charge in [0, 0.05) is 6.92 Å². The van der Waals surface area contributed by atoms with E-state index in [1.165, 1.54) is 6.92 Å². The Hall–Kier alpha value is -1.84. The predicted octanol–water partition coefficient (Wildman–Crippen LogP) is 1.55. The van der Waals surface area contributed by atoms with Gasteiger partial charge in [0.15, 0.2) is 11.7 Å². The number of hydrogen-bond acceptors (Lipinski definition) is 3. The molecule has 0 aliphatic rings. The second-order valence-electron chi connectivity index (χ2n) is 2.96. The third kappa shape index (κ3) is 1.16. The summed E-state index contributed by atoms with van der Waals surface area (Å²) < 4.78 is 6.84. The van der Waals surface area contributed by atoms with Crippen LogP contribution in [0.5, 0.6) is 5.88 Å². The molecule has 72 valence electrons. The zero-order chi connectivity index (χ0) is 10.1. The van der Waals surface area contributed by atoms with Gasteiger partial charge in [-0.25, -0.2) is 4.98 Å². The summed E-state index contributed by atoms with van der Waals surface area (Å²) in [7, 11) is 1.57. The molecule has 0 saturated heterocycles. The molecule has 14 heavy (non-hydrogen) atoms. The van der Waals surface area contributed by atoms with Crippen molar-refractivity contribution in [2.45, 2.75) is 6.92 Å². The topological polar surface area (TPSA) is 43.6 Å². The van der Waals surface area contributed by atoms with Gasteiger partial charge in [0.2, 0.25) is 0 Å². The van der Waals surface area contributed by atoms with Gasteiger partial charge < -0.3 is 4.74 Å². The van der Waals surface area contributed by atoms with E-state index in [0.29, 0.717) is 11.6 Å². The summed E-state index contributed by atoms with van der Waals surface area (Å²) in [5, 5.41) is 0. The first-order valence-corrected chi connectivity index (χ1v) is 4.25. The summed E-state index contributed by atoms with van der Waals surface area (Å²) in [5.74, 6) is 0.590. The van der Waals surface area contributed by atoms with E-state index in [1.807, 2.05) is 12.1 Å². The molecule has 0 saturated carbocycles. The van der Waals surface area contributed by atoms with Crippen LogP contribution in [0.25, 0.3) is 5.65 Å². The van der Waals surface area contributed by atoms with Crippen molar-refractivity contribution in [2.24, 2.45) is 0 Å². The number of aromatic nitrogens is 2. The Morgan fingerprint density at radius 1 is 1.50 bits per heavy atom. The van der Waals surface area contributed by atoms with Gasteiger partial charge in [0.05, 0.1) is 13.3 Å². The van der Waals surface area contributed by atoms with Crippen LogP contribution < -0.4 is 4.74 Å². The molecule has 2 aromatic heterocycles. The summed E-state index contributed by atoms with van der Waals surface area (Å²) in [4.78, 5) is 15.4. The number of pyridine rings is 1. The van der Waals surface area contributed by atoms with Crippen molar-refractivity contribution in [2.75, 3.05) is 7.11 Å². The first-order chi connectivity index (χ1) is 6.74. The van der Waals surface area contributed by atoms with E-state index in [1.54, 1.807) is 23.8 Å². The minimum atomic E-state index is -0.0259. The molecule has 0 bridgehead atoms. The van der Waals surface area contributed by atoms with Gasteiger partial charge in [0.25, 0.3) is 0 Å². The molecule has 2 rings (SSSR count). The van der Waals surface area contributed by atoms with Crippen molar-refractivity contribution >= 4 is 11.4 Å². The van der Waals surface area contributed by atoms with E-state index in [9.17, 15) is 4.79 Å². The largest absolute Gasteiger partial charge is 0.482 e. The number of ketones is 1. The SMILES string of the molecule is COc1cccc2ncc(C(C)=O)n12. The van der Waals surface area contributed by atoms with Gasteiger partial charge in [-0.1, -0.05) is 6.07 Å². The molecule has 2 heterocycles. The van der Waals surface area contributed by atoms with Crippen LogP contribution in [0.15, 0.2) is 24.4 Å². The average Bonchev–Trinajstić information content (AvgIpc) is 2.60. The average molecular weight is 190 g/mol. The summed E-state index contributed by atoms with van der Waals surface area (Å²) >= 11 is 0. The number of carbonyl (C=O) groups excluding carboxylic acids is 1. The minimum Gasteiger partial charge on any atom is -0.482 e. The number of nitrogens with zero attached hydrogens (tertiary/aromatic N) is 2. The first kappa shape index (κ1) is 8.74. The molecule has 0 aromatic carbocycles. The second-order valence-corrected chi connectivity index (χ2v) is 2.96. The maximum atomic E-state index is 11.3. The standard InChI is InChI=1S/C10H10N2O2/c1-7(13)8-6-11-9-4-3-5-10(14-2)12(8)9/h3-6H,1-2H3. The molecule has 0 unspecified atom stereocenters. The van der Waals surface area contributed by atoms with Gasteiger partial charge in [-0.15, -0.1) is 0 Å². The van der Waals surface area contributed by atoms with E-state index in [2.05, 4.69) is 4.98 Å². The van der Waals surface area contributed by atoms with Crippen molar-refractivity contribution in [3.05, 3.63) is 30.1 Å². The molecule has 2 aromatic rings. The Kier molecular flexibility index (Phi) is 1.96. The van der Waals surface area contributed by atoms with Crippen molar-refractivity contribution in [3.8, 4) is 5.88 Å². The van der Waals surface area contributed by atoms with Crippen LogP contribution in [0.1, 0.15) is 17.4 Å². The van der Waals surface area contributed by atoms with Crippen LogP contribution in [0.3, 0.4) is 0 Å². The number of fused-ring (bicyclic) bond motifs is 1. The summed E-state index contributed by atoms with van der Waals surface area (Å²) in [6, 6.07) is 5.46. The summed E-state index contributed by atoms with van der Waals surface area (Å²) in [6.07, 6.45) is 1.56. The summed E-state index contributed by atoms with van der Waals surface area (Å²) in [5.41, 5.74) is 1.26. The van der Waals surface area contributed by atoms with Crippen LogP contribution in [0.2, 0.25) is 0 Å². The van der Waals surface area contributed by atoms with E-state index >= 15 is 0 Å². The highest BCUT2D eigenvalue weighted by molar-refractivity contribution is 5.93. The molecule has 0 N–H and O–H groups in total. The highest BCUT2D eigenvalue weighted by Crippen LogP contribution is 2.16. The monoisotopic (exact) mass is 190 g/mol. The number of hydrogen-bond donors (Lipinski definition) is 0. The van der Waals surface area contributed by atoms with E-state index < -0.39 is 0 Å². The molecule has 0 amide bonds. The Morgan fingerprint density at radius 3 is 2.93 bits per heavy atom. The highest BCUT2D eigenvalue weighted by atomic mass is 16.5. The van der Waals surface area contributed by atoms with Crippen LogP contribution in [-0.4, -0.2) is 22.3 Å². The van der Waals surface area contributed by atoms with E-state index in [0.717, 1.165) is 5.65 Å². The highest BCUT2D eigenvalue weighted by Gasteiger charge is 2.10. The molecule has 0 fully saturated rings. The molecule has 0 atom stereocenters. The molecule has 4 nitrogen and oxygen atoms in total. The zero-order valence-electron chi connectivity index (χ0n) is 8.02. The lowest BCUT2D eigenvalue weighted by Gasteiger charge is -2.04. The van der Waals surface area contributed by atoms with Crippen LogP contribution in [0, 0.1) is 0 Å². The van der Waals surface area contributed by atoms with Crippen LogP contribution >= 0.6 is 0 Å². The van der Waals surface area contributed by atoms with E-state index in [4.69, 9.17) is 4.74 Å². The van der Waals surface area contributed by atoms with Crippen LogP contribution in [0.4, 0.5) is 0 Å². The second kappa shape index (κ2) is 3.14. The zero-order valence-corrected chi connectivity index (χ0v) is 8.02. The first-order valence-electron chi connectivity index (χ1n) is 4.25. The van der Waals surface area contributed by atoms with Crippen LogP contribution in [-0.2, 0) is 0 Å². The lowest BCUT2D eigenvalue weighted by molar-refractivity contribution is 0.101. The Morgan fingerprint density at radius 2 is 2.29 bits per heavy atom. The molecular weight excluding hydrogens is 180 g/mol. The fourth-order valence-corrected chi connectivity index (χ4v) is 1.41. The Balaban J connectivity index is 2.81. The summed E-state index contributed by atoms with van der Waals surface area (Å²) in [6.45, 7) is 1.51. The third-order valence-electron chi connectivity index (χ3n) is 2.06. The number of methoxy groups -OCH3 is 1. The molecule has 0 aliphatic heterocycles. The van der Waals surface area contributed by atoms with Gasteiger partial charge in [-0.3, -0.25) is 9.20 Å². The van der Waals surface area contributed by atoms with Gasteiger partial charge in [-0.05, 0) is 12.1 Å². The Bertz CT molecular complexity index is 488. The van der Waals surface area contributed by atoms with Gasteiger partial charge >= 0.3 is 0 Å². The van der Waals surface area contributed by atoms with Crippen molar-refractivity contribution < 1.29 is 9.53 Å². The molecule has 0 radical (unpaired) electrons. The number of ether oxygens (including phenoxy) is 1. The predicted molar refractivity (Wildman–Crippen MR) is 51.7 cm³/mol. The maximum absolute atomic E-state index is 11.3. The van der Waals surface area contributed by atoms with E-state index in [-0.39, 0.29) is 5.78 Å². The molecular formula is C10H10N2O2. The Labute approximate surface area is 81.1 Å². The van der Waals surface area contributed by atoms with Gasteiger partial charge in [0.1, 0.15) is 11.3 Å². The number of imidazole rings is 1. The normalized spacial score (nSPS) is 10.4.